The second-order valence-corrected chi connectivity index (χ2v) is 6.12. The van der Waals surface area contributed by atoms with Gasteiger partial charge in [0.2, 0.25) is 0 Å². The molecule has 1 aliphatic heterocycles. The van der Waals surface area contributed by atoms with Gasteiger partial charge in [0.15, 0.2) is 5.82 Å². The van der Waals surface area contributed by atoms with Gasteiger partial charge in [-0.2, -0.15) is 11.8 Å². The predicted molar refractivity (Wildman–Crippen MR) is 70.2 cm³/mol. The van der Waals surface area contributed by atoms with Crippen LogP contribution in [0.2, 0.25) is 0 Å². The molecule has 1 aromatic heterocycles. The second-order valence-electron chi connectivity index (χ2n) is 4.97. The summed E-state index contributed by atoms with van der Waals surface area (Å²) in [5.41, 5.74) is 0. The van der Waals surface area contributed by atoms with Gasteiger partial charge in [-0.05, 0) is 12.8 Å². The first kappa shape index (κ1) is 11.5. The van der Waals surface area contributed by atoms with E-state index in [0.717, 1.165) is 18.1 Å². The van der Waals surface area contributed by atoms with Crippen molar-refractivity contribution in [3.63, 3.8) is 0 Å². The van der Waals surface area contributed by atoms with Crippen molar-refractivity contribution < 1.29 is 0 Å². The van der Waals surface area contributed by atoms with Crippen LogP contribution in [0.5, 0.6) is 0 Å². The van der Waals surface area contributed by atoms with Crippen LogP contribution in [0.3, 0.4) is 0 Å². The van der Waals surface area contributed by atoms with Crippen LogP contribution >= 0.6 is 11.8 Å². The molecule has 5 heteroatoms. The minimum absolute atomic E-state index is 0.401. The fourth-order valence-electron chi connectivity index (χ4n) is 2.87. The van der Waals surface area contributed by atoms with E-state index in [2.05, 4.69) is 20.1 Å². The Labute approximate surface area is 107 Å². The molecular weight excluding hydrogens is 232 g/mol. The molecule has 0 amide bonds. The summed E-state index contributed by atoms with van der Waals surface area (Å²) in [6.45, 7) is 1.09. The van der Waals surface area contributed by atoms with Crippen LogP contribution < -0.4 is 5.32 Å². The Morgan fingerprint density at radius 3 is 2.94 bits per heavy atom. The maximum absolute atomic E-state index is 4.35. The average Bonchev–Trinajstić information content (AvgIpc) is 2.90. The summed E-state index contributed by atoms with van der Waals surface area (Å²) < 4.78 is 2.34. The number of nitrogens with zero attached hydrogens (tertiary/aromatic N) is 3. The summed E-state index contributed by atoms with van der Waals surface area (Å²) in [5.74, 6) is 3.50. The Hall–Kier alpha value is -0.550. The van der Waals surface area contributed by atoms with Gasteiger partial charge >= 0.3 is 0 Å². The van der Waals surface area contributed by atoms with Crippen molar-refractivity contribution in [2.24, 2.45) is 0 Å². The third kappa shape index (κ3) is 2.50. The topological polar surface area (TPSA) is 42.7 Å². The molecule has 0 aromatic carbocycles. The molecule has 1 unspecified atom stereocenters. The number of rotatable bonds is 2. The van der Waals surface area contributed by atoms with Crippen molar-refractivity contribution in [2.75, 3.05) is 18.1 Å². The molecule has 0 radical (unpaired) electrons. The van der Waals surface area contributed by atoms with Crippen molar-refractivity contribution in [1.82, 2.24) is 20.1 Å². The molecule has 3 rings (SSSR count). The molecule has 2 fully saturated rings. The van der Waals surface area contributed by atoms with Crippen molar-refractivity contribution in [3.05, 3.63) is 12.2 Å². The SMILES string of the molecule is c1nnc(C2CSCCN2)n1C1CCCCC1. The van der Waals surface area contributed by atoms with Gasteiger partial charge < -0.3 is 9.88 Å². The molecule has 0 bridgehead atoms. The van der Waals surface area contributed by atoms with Gasteiger partial charge in [-0.1, -0.05) is 19.3 Å². The molecule has 17 heavy (non-hydrogen) atoms. The summed E-state index contributed by atoms with van der Waals surface area (Å²) in [4.78, 5) is 0. The number of hydrogen-bond donors (Lipinski definition) is 1. The van der Waals surface area contributed by atoms with E-state index in [1.807, 2.05) is 18.1 Å². The van der Waals surface area contributed by atoms with E-state index in [0.29, 0.717) is 12.1 Å². The lowest BCUT2D eigenvalue weighted by Gasteiger charge is -2.28. The van der Waals surface area contributed by atoms with E-state index in [1.54, 1.807) is 0 Å². The van der Waals surface area contributed by atoms with Crippen LogP contribution in [0.4, 0.5) is 0 Å². The van der Waals surface area contributed by atoms with Gasteiger partial charge in [-0.25, -0.2) is 0 Å². The molecule has 1 atom stereocenters. The minimum atomic E-state index is 0.401. The maximum atomic E-state index is 4.35. The van der Waals surface area contributed by atoms with Crippen molar-refractivity contribution in [2.45, 2.75) is 44.2 Å². The van der Waals surface area contributed by atoms with Crippen LogP contribution in [-0.4, -0.2) is 32.8 Å². The van der Waals surface area contributed by atoms with E-state index in [9.17, 15) is 0 Å². The first-order valence-electron chi connectivity index (χ1n) is 6.65. The van der Waals surface area contributed by atoms with E-state index < -0.39 is 0 Å². The minimum Gasteiger partial charge on any atom is -0.313 e. The largest absolute Gasteiger partial charge is 0.313 e. The van der Waals surface area contributed by atoms with Gasteiger partial charge in [0.1, 0.15) is 6.33 Å². The van der Waals surface area contributed by atoms with Gasteiger partial charge in [0.05, 0.1) is 6.04 Å². The van der Waals surface area contributed by atoms with Crippen molar-refractivity contribution >= 4 is 11.8 Å². The van der Waals surface area contributed by atoms with E-state index in [-0.39, 0.29) is 0 Å². The Balaban J connectivity index is 1.77. The average molecular weight is 252 g/mol. The van der Waals surface area contributed by atoms with E-state index in [4.69, 9.17) is 0 Å². The molecule has 94 valence electrons. The Bertz CT molecular complexity index is 321. The molecular formula is C12H20N4S. The highest BCUT2D eigenvalue weighted by Gasteiger charge is 2.24. The summed E-state index contributed by atoms with van der Waals surface area (Å²) in [5, 5.41) is 12.0. The first-order valence-corrected chi connectivity index (χ1v) is 7.81. The normalized spacial score (nSPS) is 27.2. The second kappa shape index (κ2) is 5.40. The Kier molecular flexibility index (Phi) is 3.66. The molecule has 1 saturated carbocycles. The van der Waals surface area contributed by atoms with Gasteiger partial charge in [-0.15, -0.1) is 10.2 Å². The monoisotopic (exact) mass is 252 g/mol. The third-order valence-electron chi connectivity index (χ3n) is 3.80. The van der Waals surface area contributed by atoms with Crippen LogP contribution in [0, 0.1) is 0 Å². The standard InChI is InChI=1S/C12H20N4S/c1-2-4-10(5-3-1)16-9-14-15-12(16)11-8-17-7-6-13-11/h9-11,13H,1-8H2. The summed E-state index contributed by atoms with van der Waals surface area (Å²) in [7, 11) is 0. The van der Waals surface area contributed by atoms with Crippen LogP contribution in [0.1, 0.15) is 50.0 Å². The first-order chi connectivity index (χ1) is 8.45. The predicted octanol–water partition coefficient (Wildman–Crippen LogP) is 2.16. The summed E-state index contributed by atoms with van der Waals surface area (Å²) in [6.07, 6.45) is 8.64. The number of aromatic nitrogens is 3. The van der Waals surface area contributed by atoms with Crippen LogP contribution in [0.25, 0.3) is 0 Å². The van der Waals surface area contributed by atoms with Crippen molar-refractivity contribution in [1.29, 1.82) is 0 Å². The van der Waals surface area contributed by atoms with Crippen molar-refractivity contribution in [3.8, 4) is 0 Å². The maximum Gasteiger partial charge on any atom is 0.151 e. The van der Waals surface area contributed by atoms with Crippen LogP contribution in [0.15, 0.2) is 6.33 Å². The quantitative estimate of drug-likeness (QED) is 0.876. The lowest BCUT2D eigenvalue weighted by atomic mass is 9.95. The molecule has 1 aromatic rings. The zero-order valence-corrected chi connectivity index (χ0v) is 11.0. The van der Waals surface area contributed by atoms with E-state index in [1.165, 1.54) is 37.9 Å². The lowest BCUT2D eigenvalue weighted by Crippen LogP contribution is -2.33. The van der Waals surface area contributed by atoms with Gasteiger partial charge in [0, 0.05) is 24.1 Å². The summed E-state index contributed by atoms with van der Waals surface area (Å²) >= 11 is 2.01. The fraction of sp³-hybridized carbons (Fsp3) is 0.833. The Morgan fingerprint density at radius 2 is 2.18 bits per heavy atom. The molecule has 4 nitrogen and oxygen atoms in total. The number of hydrogen-bond acceptors (Lipinski definition) is 4. The van der Waals surface area contributed by atoms with Gasteiger partial charge in [-0.3, -0.25) is 0 Å². The molecule has 1 saturated heterocycles. The zero-order valence-electron chi connectivity index (χ0n) is 10.1. The van der Waals surface area contributed by atoms with Gasteiger partial charge in [0.25, 0.3) is 0 Å². The highest BCUT2D eigenvalue weighted by atomic mass is 32.2. The highest BCUT2D eigenvalue weighted by molar-refractivity contribution is 7.99. The van der Waals surface area contributed by atoms with Crippen LogP contribution in [-0.2, 0) is 0 Å². The molecule has 1 N–H and O–H groups in total. The fourth-order valence-corrected chi connectivity index (χ4v) is 3.80. The lowest BCUT2D eigenvalue weighted by molar-refractivity contribution is 0.337. The zero-order chi connectivity index (χ0) is 11.5. The molecule has 2 aliphatic rings. The highest BCUT2D eigenvalue weighted by Crippen LogP contribution is 2.31. The molecule has 2 heterocycles. The third-order valence-corrected chi connectivity index (χ3v) is 4.86. The molecule has 1 aliphatic carbocycles. The number of nitrogens with one attached hydrogen (secondary N) is 1. The Morgan fingerprint density at radius 1 is 1.29 bits per heavy atom. The summed E-state index contributed by atoms with van der Waals surface area (Å²) in [6, 6.07) is 1.04. The smallest absolute Gasteiger partial charge is 0.151 e. The van der Waals surface area contributed by atoms with E-state index >= 15 is 0 Å². The number of thioether (sulfide) groups is 1. The molecule has 0 spiro atoms.